The third-order valence-corrected chi connectivity index (χ3v) is 3.54. The van der Waals surface area contributed by atoms with E-state index in [9.17, 15) is 0 Å². The summed E-state index contributed by atoms with van der Waals surface area (Å²) in [6.45, 7) is 2.07. The lowest BCUT2D eigenvalue weighted by molar-refractivity contribution is 0.980. The van der Waals surface area contributed by atoms with Crippen molar-refractivity contribution in [2.24, 2.45) is 0 Å². The van der Waals surface area contributed by atoms with Crippen LogP contribution in [0.5, 0.6) is 0 Å². The van der Waals surface area contributed by atoms with Crippen LogP contribution in [0.1, 0.15) is 11.4 Å². The number of aromatic nitrogens is 2. The lowest BCUT2D eigenvalue weighted by atomic mass is 10.2. The second-order valence-electron chi connectivity index (χ2n) is 4.47. The van der Waals surface area contributed by atoms with Crippen molar-refractivity contribution >= 4 is 34.2 Å². The number of benzene rings is 2. The van der Waals surface area contributed by atoms with E-state index >= 15 is 0 Å². The smallest absolute Gasteiger partial charge is 0.129 e. The van der Waals surface area contributed by atoms with Crippen molar-refractivity contribution in [2.75, 3.05) is 0 Å². The van der Waals surface area contributed by atoms with Crippen LogP contribution in [0.4, 0.5) is 0 Å². The molecule has 3 rings (SSSR count). The van der Waals surface area contributed by atoms with E-state index in [-0.39, 0.29) is 0 Å². The van der Waals surface area contributed by atoms with Gasteiger partial charge in [-0.05, 0) is 42.8 Å². The zero-order valence-corrected chi connectivity index (χ0v) is 11.9. The van der Waals surface area contributed by atoms with Gasteiger partial charge in [-0.3, -0.25) is 4.57 Å². The van der Waals surface area contributed by atoms with Gasteiger partial charge in [0.2, 0.25) is 0 Å². The molecule has 0 saturated carbocycles. The third-order valence-electron chi connectivity index (χ3n) is 3.07. The summed E-state index contributed by atoms with van der Waals surface area (Å²) in [5, 5.41) is 0.683. The maximum absolute atomic E-state index is 6.02. The largest absolute Gasteiger partial charge is 0.295 e. The Morgan fingerprint density at radius 3 is 2.74 bits per heavy atom. The van der Waals surface area contributed by atoms with Crippen LogP contribution in [0.25, 0.3) is 16.7 Å². The quantitative estimate of drug-likeness (QED) is 0.624. The van der Waals surface area contributed by atoms with Gasteiger partial charge in [-0.25, -0.2) is 4.98 Å². The molecule has 1 aromatic heterocycles. The van der Waals surface area contributed by atoms with Crippen LogP contribution < -0.4 is 0 Å². The van der Waals surface area contributed by atoms with Crippen LogP contribution in [0, 0.1) is 6.92 Å². The first-order valence-corrected chi connectivity index (χ1v) is 6.90. The Morgan fingerprint density at radius 2 is 2.00 bits per heavy atom. The lowest BCUT2D eigenvalue weighted by Crippen LogP contribution is -1.99. The van der Waals surface area contributed by atoms with Crippen molar-refractivity contribution in [3.05, 3.63) is 58.9 Å². The molecule has 0 fully saturated rings. The molecule has 0 spiro atoms. The summed E-state index contributed by atoms with van der Waals surface area (Å²) in [6.07, 6.45) is 0. The van der Waals surface area contributed by atoms with E-state index in [1.165, 1.54) is 5.56 Å². The summed E-state index contributed by atoms with van der Waals surface area (Å²) in [6, 6.07) is 14.0. The Kier molecular flexibility index (Phi) is 3.21. The first-order chi connectivity index (χ1) is 9.19. The highest BCUT2D eigenvalue weighted by molar-refractivity contribution is 6.31. The predicted octanol–water partition coefficient (Wildman–Crippen LogP) is 4.73. The average Bonchev–Trinajstić information content (AvgIpc) is 2.76. The molecule has 96 valence electrons. The molecule has 3 aromatic rings. The van der Waals surface area contributed by atoms with Crippen molar-refractivity contribution in [3.63, 3.8) is 0 Å². The zero-order valence-electron chi connectivity index (χ0n) is 10.4. The van der Waals surface area contributed by atoms with Crippen LogP contribution in [0.15, 0.2) is 42.5 Å². The van der Waals surface area contributed by atoms with E-state index < -0.39 is 0 Å². The van der Waals surface area contributed by atoms with Gasteiger partial charge in [0.1, 0.15) is 5.82 Å². The summed E-state index contributed by atoms with van der Waals surface area (Å²) in [4.78, 5) is 4.54. The summed E-state index contributed by atoms with van der Waals surface area (Å²) in [5.74, 6) is 1.18. The first-order valence-electron chi connectivity index (χ1n) is 5.99. The minimum absolute atomic E-state index is 0.361. The number of hydrogen-bond donors (Lipinski definition) is 0. The Morgan fingerprint density at radius 1 is 1.16 bits per heavy atom. The summed E-state index contributed by atoms with van der Waals surface area (Å²) >= 11 is 12.0. The molecule has 0 unspecified atom stereocenters. The zero-order chi connectivity index (χ0) is 13.4. The molecule has 0 aliphatic rings. The second kappa shape index (κ2) is 4.87. The van der Waals surface area contributed by atoms with Crippen molar-refractivity contribution in [1.29, 1.82) is 0 Å². The molecule has 0 atom stereocenters. The van der Waals surface area contributed by atoms with E-state index in [0.717, 1.165) is 22.5 Å². The van der Waals surface area contributed by atoms with Crippen LogP contribution in [0.3, 0.4) is 0 Å². The summed E-state index contributed by atoms with van der Waals surface area (Å²) < 4.78 is 2.08. The fourth-order valence-electron chi connectivity index (χ4n) is 2.25. The molecule has 2 aromatic carbocycles. The minimum Gasteiger partial charge on any atom is -0.295 e. The van der Waals surface area contributed by atoms with Gasteiger partial charge >= 0.3 is 0 Å². The van der Waals surface area contributed by atoms with Gasteiger partial charge in [-0.2, -0.15) is 0 Å². The Labute approximate surface area is 121 Å². The van der Waals surface area contributed by atoms with Gasteiger partial charge < -0.3 is 0 Å². The number of imidazole rings is 1. The third kappa shape index (κ3) is 2.22. The highest BCUT2D eigenvalue weighted by atomic mass is 35.5. The van der Waals surface area contributed by atoms with Crippen LogP contribution >= 0.6 is 23.2 Å². The lowest BCUT2D eigenvalue weighted by Gasteiger charge is -2.08. The topological polar surface area (TPSA) is 17.8 Å². The van der Waals surface area contributed by atoms with E-state index in [1.54, 1.807) is 0 Å². The van der Waals surface area contributed by atoms with Gasteiger partial charge in [-0.15, -0.1) is 11.6 Å². The Balaban J connectivity index is 2.32. The molecule has 2 nitrogen and oxygen atoms in total. The predicted molar refractivity (Wildman–Crippen MR) is 80.4 cm³/mol. The van der Waals surface area contributed by atoms with Gasteiger partial charge in [0.05, 0.1) is 16.9 Å². The fourth-order valence-corrected chi connectivity index (χ4v) is 2.59. The van der Waals surface area contributed by atoms with Crippen LogP contribution in [-0.4, -0.2) is 9.55 Å². The summed E-state index contributed by atoms with van der Waals surface area (Å²) in [7, 11) is 0. The monoisotopic (exact) mass is 290 g/mol. The molecular weight excluding hydrogens is 279 g/mol. The van der Waals surface area contributed by atoms with Gasteiger partial charge in [0.15, 0.2) is 0 Å². The van der Waals surface area contributed by atoms with E-state index in [4.69, 9.17) is 23.2 Å². The Hall–Kier alpha value is -1.51. The standard InChI is InChI=1S/C15H12Cl2N2/c1-10-3-2-4-12(7-10)19-14-6-5-11(17)8-13(14)18-15(19)9-16/h2-8H,9H2,1H3. The first kappa shape index (κ1) is 12.5. The highest BCUT2D eigenvalue weighted by Gasteiger charge is 2.11. The van der Waals surface area contributed by atoms with E-state index in [2.05, 4.69) is 34.7 Å². The molecular formula is C15H12Cl2N2. The van der Waals surface area contributed by atoms with Gasteiger partial charge in [0, 0.05) is 10.7 Å². The van der Waals surface area contributed by atoms with Crippen molar-refractivity contribution < 1.29 is 0 Å². The molecule has 0 radical (unpaired) electrons. The van der Waals surface area contributed by atoms with Crippen molar-refractivity contribution in [3.8, 4) is 5.69 Å². The van der Waals surface area contributed by atoms with E-state index in [0.29, 0.717) is 10.9 Å². The molecule has 1 heterocycles. The fraction of sp³-hybridized carbons (Fsp3) is 0.133. The molecule has 0 bridgehead atoms. The molecule has 0 aliphatic heterocycles. The van der Waals surface area contributed by atoms with Gasteiger partial charge in [-0.1, -0.05) is 23.7 Å². The molecule has 0 N–H and O–H groups in total. The van der Waals surface area contributed by atoms with Crippen molar-refractivity contribution in [1.82, 2.24) is 9.55 Å². The number of rotatable bonds is 2. The highest BCUT2D eigenvalue weighted by Crippen LogP contribution is 2.25. The maximum atomic E-state index is 6.02. The number of hydrogen-bond acceptors (Lipinski definition) is 1. The number of fused-ring (bicyclic) bond motifs is 1. The molecule has 0 amide bonds. The molecule has 0 saturated heterocycles. The number of aryl methyl sites for hydroxylation is 1. The van der Waals surface area contributed by atoms with Crippen LogP contribution in [0.2, 0.25) is 5.02 Å². The average molecular weight is 291 g/mol. The van der Waals surface area contributed by atoms with Crippen LogP contribution in [-0.2, 0) is 5.88 Å². The Bertz CT molecular complexity index is 747. The second-order valence-corrected chi connectivity index (χ2v) is 5.17. The minimum atomic E-state index is 0.361. The maximum Gasteiger partial charge on any atom is 0.129 e. The number of nitrogens with zero attached hydrogens (tertiary/aromatic N) is 2. The molecule has 19 heavy (non-hydrogen) atoms. The van der Waals surface area contributed by atoms with E-state index in [1.807, 2.05) is 24.3 Å². The number of alkyl halides is 1. The summed E-state index contributed by atoms with van der Waals surface area (Å²) in [5.41, 5.74) is 4.16. The SMILES string of the molecule is Cc1cccc(-n2c(CCl)nc3cc(Cl)ccc32)c1. The van der Waals surface area contributed by atoms with Gasteiger partial charge in [0.25, 0.3) is 0 Å². The molecule has 4 heteroatoms. The van der Waals surface area contributed by atoms with Crippen molar-refractivity contribution in [2.45, 2.75) is 12.8 Å². The normalized spacial score (nSPS) is 11.1. The molecule has 0 aliphatic carbocycles. The number of halogens is 2.